The number of piperazine rings is 1. The van der Waals surface area contributed by atoms with Crippen LogP contribution in [0.25, 0.3) is 0 Å². The summed E-state index contributed by atoms with van der Waals surface area (Å²) in [6.07, 6.45) is 2.83. The van der Waals surface area contributed by atoms with Crippen molar-refractivity contribution in [2.45, 2.75) is 32.4 Å². The Morgan fingerprint density at radius 3 is 2.65 bits per heavy atom. The Labute approximate surface area is 138 Å². The van der Waals surface area contributed by atoms with E-state index in [9.17, 15) is 4.39 Å². The molecule has 1 aromatic rings. The van der Waals surface area contributed by atoms with Crippen LogP contribution in [-0.2, 0) is 11.3 Å². The zero-order valence-corrected chi connectivity index (χ0v) is 14.0. The molecule has 4 nitrogen and oxygen atoms in total. The molecule has 5 heteroatoms. The summed E-state index contributed by atoms with van der Waals surface area (Å²) in [5.74, 6) is 0.0824. The Hall–Kier alpha value is -1.17. The first-order valence-corrected chi connectivity index (χ1v) is 8.72. The highest BCUT2D eigenvalue weighted by atomic mass is 19.1. The SMILES string of the molecule is CCOc1ccc(CN2CCN(CC3CCCO3)CC2)cc1F. The zero-order chi connectivity index (χ0) is 16.1. The van der Waals surface area contributed by atoms with Crippen LogP contribution in [0.4, 0.5) is 4.39 Å². The molecule has 0 aromatic heterocycles. The van der Waals surface area contributed by atoms with Gasteiger partial charge in [0.15, 0.2) is 11.6 Å². The van der Waals surface area contributed by atoms with E-state index in [4.69, 9.17) is 9.47 Å². The minimum absolute atomic E-state index is 0.263. The van der Waals surface area contributed by atoms with Crippen molar-refractivity contribution < 1.29 is 13.9 Å². The van der Waals surface area contributed by atoms with E-state index in [0.717, 1.165) is 51.4 Å². The third kappa shape index (κ3) is 4.66. The molecule has 0 bridgehead atoms. The van der Waals surface area contributed by atoms with Crippen molar-refractivity contribution in [2.75, 3.05) is 45.9 Å². The maximum absolute atomic E-state index is 13.9. The van der Waals surface area contributed by atoms with Crippen molar-refractivity contribution in [1.29, 1.82) is 0 Å². The Morgan fingerprint density at radius 2 is 2.00 bits per heavy atom. The molecule has 128 valence electrons. The van der Waals surface area contributed by atoms with Crippen LogP contribution in [-0.4, -0.2) is 61.8 Å². The lowest BCUT2D eigenvalue weighted by Gasteiger charge is -2.35. The second-order valence-corrected chi connectivity index (χ2v) is 6.41. The minimum atomic E-state index is -0.263. The van der Waals surface area contributed by atoms with Gasteiger partial charge in [0, 0.05) is 45.9 Å². The van der Waals surface area contributed by atoms with E-state index in [0.29, 0.717) is 18.5 Å². The van der Waals surface area contributed by atoms with Gasteiger partial charge >= 0.3 is 0 Å². The molecule has 1 unspecified atom stereocenters. The first kappa shape index (κ1) is 16.7. The molecule has 2 aliphatic heterocycles. The third-order valence-corrected chi connectivity index (χ3v) is 4.65. The van der Waals surface area contributed by atoms with Gasteiger partial charge in [0.1, 0.15) is 0 Å². The molecule has 2 heterocycles. The standard InChI is InChI=1S/C18H27FN2O2/c1-2-22-18-6-5-15(12-17(18)19)13-20-7-9-21(10-8-20)14-16-4-3-11-23-16/h5-6,12,16H,2-4,7-11,13-14H2,1H3. The number of nitrogens with zero attached hydrogens (tertiary/aromatic N) is 2. The summed E-state index contributed by atoms with van der Waals surface area (Å²) in [4.78, 5) is 4.88. The van der Waals surface area contributed by atoms with Crippen molar-refractivity contribution in [2.24, 2.45) is 0 Å². The van der Waals surface area contributed by atoms with Crippen LogP contribution in [0.2, 0.25) is 0 Å². The summed E-state index contributed by atoms with van der Waals surface area (Å²) < 4.78 is 24.9. The van der Waals surface area contributed by atoms with Gasteiger partial charge in [0.05, 0.1) is 12.7 Å². The number of hydrogen-bond acceptors (Lipinski definition) is 4. The molecule has 1 aromatic carbocycles. The Balaban J connectivity index is 1.45. The molecular formula is C18H27FN2O2. The van der Waals surface area contributed by atoms with Crippen LogP contribution in [0.5, 0.6) is 5.75 Å². The highest BCUT2D eigenvalue weighted by Crippen LogP contribution is 2.20. The molecule has 0 spiro atoms. The van der Waals surface area contributed by atoms with Crippen LogP contribution in [0.15, 0.2) is 18.2 Å². The second-order valence-electron chi connectivity index (χ2n) is 6.41. The Morgan fingerprint density at radius 1 is 1.22 bits per heavy atom. The topological polar surface area (TPSA) is 24.9 Å². The van der Waals surface area contributed by atoms with Crippen LogP contribution >= 0.6 is 0 Å². The largest absolute Gasteiger partial charge is 0.491 e. The van der Waals surface area contributed by atoms with Gasteiger partial charge in [0.2, 0.25) is 0 Å². The zero-order valence-electron chi connectivity index (χ0n) is 14.0. The van der Waals surface area contributed by atoms with Crippen LogP contribution in [0.1, 0.15) is 25.3 Å². The van der Waals surface area contributed by atoms with Gasteiger partial charge in [-0.25, -0.2) is 4.39 Å². The number of rotatable bonds is 6. The molecule has 0 radical (unpaired) electrons. The molecule has 2 aliphatic rings. The second kappa shape index (κ2) is 8.08. The number of halogens is 1. The predicted octanol–water partition coefficient (Wildman–Crippen LogP) is 2.52. The van der Waals surface area contributed by atoms with Crippen LogP contribution < -0.4 is 4.74 Å². The lowest BCUT2D eigenvalue weighted by Crippen LogP contribution is -2.48. The van der Waals surface area contributed by atoms with Crippen molar-refractivity contribution in [1.82, 2.24) is 9.80 Å². The summed E-state index contributed by atoms with van der Waals surface area (Å²) in [6, 6.07) is 5.30. The summed E-state index contributed by atoms with van der Waals surface area (Å²) >= 11 is 0. The van der Waals surface area contributed by atoms with Crippen molar-refractivity contribution >= 4 is 0 Å². The lowest BCUT2D eigenvalue weighted by molar-refractivity contribution is 0.0489. The number of benzene rings is 1. The van der Waals surface area contributed by atoms with Crippen LogP contribution in [0.3, 0.4) is 0 Å². The van der Waals surface area contributed by atoms with E-state index in [-0.39, 0.29) is 5.82 Å². The smallest absolute Gasteiger partial charge is 0.165 e. The maximum Gasteiger partial charge on any atom is 0.165 e. The van der Waals surface area contributed by atoms with Crippen molar-refractivity contribution in [3.63, 3.8) is 0 Å². The maximum atomic E-state index is 13.9. The quantitative estimate of drug-likeness (QED) is 0.803. The summed E-state index contributed by atoms with van der Waals surface area (Å²) in [6.45, 7) is 9.34. The van der Waals surface area contributed by atoms with E-state index >= 15 is 0 Å². The van der Waals surface area contributed by atoms with E-state index in [1.807, 2.05) is 13.0 Å². The normalized spacial score (nSPS) is 23.3. The van der Waals surface area contributed by atoms with Gasteiger partial charge in [-0.1, -0.05) is 6.07 Å². The molecule has 2 saturated heterocycles. The monoisotopic (exact) mass is 322 g/mol. The van der Waals surface area contributed by atoms with Crippen LogP contribution in [0, 0.1) is 5.82 Å². The number of ether oxygens (including phenoxy) is 2. The van der Waals surface area contributed by atoms with Gasteiger partial charge < -0.3 is 9.47 Å². The molecule has 23 heavy (non-hydrogen) atoms. The lowest BCUT2D eigenvalue weighted by atomic mass is 10.1. The van der Waals surface area contributed by atoms with Crippen molar-refractivity contribution in [3.05, 3.63) is 29.6 Å². The predicted molar refractivity (Wildman–Crippen MR) is 88.3 cm³/mol. The Kier molecular flexibility index (Phi) is 5.86. The summed E-state index contributed by atoms with van der Waals surface area (Å²) in [7, 11) is 0. The molecule has 3 rings (SSSR count). The van der Waals surface area contributed by atoms with Gasteiger partial charge in [-0.15, -0.1) is 0 Å². The third-order valence-electron chi connectivity index (χ3n) is 4.65. The highest BCUT2D eigenvalue weighted by Gasteiger charge is 2.22. The molecule has 0 saturated carbocycles. The average molecular weight is 322 g/mol. The van der Waals surface area contributed by atoms with E-state index in [1.165, 1.54) is 12.8 Å². The molecule has 0 amide bonds. The fourth-order valence-electron chi connectivity index (χ4n) is 3.38. The molecule has 2 fully saturated rings. The summed E-state index contributed by atoms with van der Waals surface area (Å²) in [5.41, 5.74) is 1.01. The van der Waals surface area contributed by atoms with E-state index < -0.39 is 0 Å². The Bertz CT molecular complexity index is 498. The molecule has 0 aliphatic carbocycles. The molecule has 1 atom stereocenters. The highest BCUT2D eigenvalue weighted by molar-refractivity contribution is 5.29. The first-order chi connectivity index (χ1) is 11.2. The van der Waals surface area contributed by atoms with Gasteiger partial charge in [-0.3, -0.25) is 9.80 Å². The fraction of sp³-hybridized carbons (Fsp3) is 0.667. The summed E-state index contributed by atoms with van der Waals surface area (Å²) in [5, 5.41) is 0. The number of hydrogen-bond donors (Lipinski definition) is 0. The van der Waals surface area contributed by atoms with Gasteiger partial charge in [-0.05, 0) is 37.5 Å². The van der Waals surface area contributed by atoms with Gasteiger partial charge in [0.25, 0.3) is 0 Å². The average Bonchev–Trinajstić information content (AvgIpc) is 3.05. The fourth-order valence-corrected chi connectivity index (χ4v) is 3.38. The molecule has 0 N–H and O–H groups in total. The van der Waals surface area contributed by atoms with Gasteiger partial charge in [-0.2, -0.15) is 0 Å². The minimum Gasteiger partial charge on any atom is -0.491 e. The van der Waals surface area contributed by atoms with E-state index in [1.54, 1.807) is 12.1 Å². The molecular weight excluding hydrogens is 295 g/mol. The van der Waals surface area contributed by atoms with Crippen molar-refractivity contribution in [3.8, 4) is 5.75 Å². The first-order valence-electron chi connectivity index (χ1n) is 8.72. The van der Waals surface area contributed by atoms with E-state index in [2.05, 4.69) is 9.80 Å².